The standard InChI is InChI=1S/C15H27N3O/c1-6-18-13(5)15(12(4)17-18)11(3)16-10(2)14-7-8-19-9-14/h10-11,14,16H,6-9H2,1-5H3. The Hall–Kier alpha value is -0.870. The van der Waals surface area contributed by atoms with Crippen molar-refractivity contribution >= 4 is 0 Å². The van der Waals surface area contributed by atoms with Gasteiger partial charge in [-0.2, -0.15) is 5.10 Å². The minimum Gasteiger partial charge on any atom is -0.381 e. The molecule has 1 aliphatic heterocycles. The number of aryl methyl sites for hydroxylation is 2. The zero-order chi connectivity index (χ0) is 14.0. The Bertz CT molecular complexity index is 421. The van der Waals surface area contributed by atoms with Gasteiger partial charge in [0.1, 0.15) is 0 Å². The Morgan fingerprint density at radius 1 is 1.42 bits per heavy atom. The number of nitrogens with zero attached hydrogens (tertiary/aromatic N) is 2. The topological polar surface area (TPSA) is 39.1 Å². The lowest BCUT2D eigenvalue weighted by Crippen LogP contribution is -2.36. The lowest BCUT2D eigenvalue weighted by Gasteiger charge is -2.24. The number of hydrogen-bond donors (Lipinski definition) is 1. The van der Waals surface area contributed by atoms with Crippen LogP contribution in [0.1, 0.15) is 50.2 Å². The van der Waals surface area contributed by atoms with Crippen molar-refractivity contribution in [3.8, 4) is 0 Å². The summed E-state index contributed by atoms with van der Waals surface area (Å²) in [5.74, 6) is 0.643. The summed E-state index contributed by atoms with van der Waals surface area (Å²) in [5.41, 5.74) is 3.79. The van der Waals surface area contributed by atoms with Crippen LogP contribution in [0.2, 0.25) is 0 Å². The highest BCUT2D eigenvalue weighted by Gasteiger charge is 2.25. The van der Waals surface area contributed by atoms with Crippen LogP contribution in [0, 0.1) is 19.8 Å². The van der Waals surface area contributed by atoms with Gasteiger partial charge in [0.25, 0.3) is 0 Å². The molecule has 0 aliphatic carbocycles. The van der Waals surface area contributed by atoms with E-state index in [4.69, 9.17) is 4.74 Å². The van der Waals surface area contributed by atoms with Crippen molar-refractivity contribution in [1.29, 1.82) is 0 Å². The summed E-state index contributed by atoms with van der Waals surface area (Å²) in [5, 5.41) is 8.33. The Morgan fingerprint density at radius 3 is 2.68 bits per heavy atom. The van der Waals surface area contributed by atoms with E-state index in [9.17, 15) is 0 Å². The van der Waals surface area contributed by atoms with Gasteiger partial charge in [0.2, 0.25) is 0 Å². The normalized spacial score (nSPS) is 22.7. The van der Waals surface area contributed by atoms with E-state index >= 15 is 0 Å². The van der Waals surface area contributed by atoms with Gasteiger partial charge >= 0.3 is 0 Å². The fourth-order valence-electron chi connectivity index (χ4n) is 3.21. The molecule has 1 aliphatic rings. The van der Waals surface area contributed by atoms with Crippen LogP contribution in [0.15, 0.2) is 0 Å². The Labute approximate surface area is 116 Å². The third-order valence-corrected chi connectivity index (χ3v) is 4.35. The van der Waals surface area contributed by atoms with E-state index in [2.05, 4.69) is 49.7 Å². The molecule has 1 saturated heterocycles. The van der Waals surface area contributed by atoms with Gasteiger partial charge in [-0.25, -0.2) is 0 Å². The molecule has 1 fully saturated rings. The van der Waals surface area contributed by atoms with Crippen molar-refractivity contribution in [2.45, 2.75) is 59.7 Å². The van der Waals surface area contributed by atoms with Crippen LogP contribution < -0.4 is 5.32 Å². The van der Waals surface area contributed by atoms with Crippen molar-refractivity contribution in [2.75, 3.05) is 13.2 Å². The van der Waals surface area contributed by atoms with Crippen LogP contribution in [0.5, 0.6) is 0 Å². The van der Waals surface area contributed by atoms with Crippen molar-refractivity contribution in [3.63, 3.8) is 0 Å². The third-order valence-electron chi connectivity index (χ3n) is 4.35. The summed E-state index contributed by atoms with van der Waals surface area (Å²) < 4.78 is 7.57. The number of hydrogen-bond acceptors (Lipinski definition) is 3. The third kappa shape index (κ3) is 3.00. The predicted molar refractivity (Wildman–Crippen MR) is 77.3 cm³/mol. The van der Waals surface area contributed by atoms with Crippen molar-refractivity contribution in [1.82, 2.24) is 15.1 Å². The largest absolute Gasteiger partial charge is 0.381 e. The molecule has 0 spiro atoms. The van der Waals surface area contributed by atoms with E-state index in [-0.39, 0.29) is 0 Å². The molecular weight excluding hydrogens is 238 g/mol. The van der Waals surface area contributed by atoms with E-state index in [0.29, 0.717) is 18.0 Å². The molecule has 0 saturated carbocycles. The SMILES string of the molecule is CCn1nc(C)c(C(C)NC(C)C2CCOC2)c1C. The van der Waals surface area contributed by atoms with Crippen molar-refractivity contribution in [3.05, 3.63) is 17.0 Å². The smallest absolute Gasteiger partial charge is 0.0644 e. The second-order valence-electron chi connectivity index (χ2n) is 5.70. The van der Waals surface area contributed by atoms with Gasteiger partial charge in [0, 0.05) is 36.5 Å². The monoisotopic (exact) mass is 265 g/mol. The zero-order valence-electron chi connectivity index (χ0n) is 12.9. The highest BCUT2D eigenvalue weighted by atomic mass is 16.5. The predicted octanol–water partition coefficient (Wildman–Crippen LogP) is 2.60. The summed E-state index contributed by atoms with van der Waals surface area (Å²) in [4.78, 5) is 0. The number of ether oxygens (including phenoxy) is 1. The number of aromatic nitrogens is 2. The van der Waals surface area contributed by atoms with Crippen molar-refractivity contribution < 1.29 is 4.74 Å². The lowest BCUT2D eigenvalue weighted by atomic mass is 9.98. The quantitative estimate of drug-likeness (QED) is 0.889. The summed E-state index contributed by atoms with van der Waals surface area (Å²) >= 11 is 0. The van der Waals surface area contributed by atoms with Gasteiger partial charge < -0.3 is 10.1 Å². The molecule has 4 nitrogen and oxygen atoms in total. The van der Waals surface area contributed by atoms with E-state index in [1.165, 1.54) is 17.7 Å². The maximum atomic E-state index is 5.48. The fraction of sp³-hybridized carbons (Fsp3) is 0.800. The summed E-state index contributed by atoms with van der Waals surface area (Å²) in [7, 11) is 0. The van der Waals surface area contributed by atoms with Crippen LogP contribution in [0.25, 0.3) is 0 Å². The number of rotatable bonds is 5. The average molecular weight is 265 g/mol. The van der Waals surface area contributed by atoms with Gasteiger partial charge in [-0.05, 0) is 47.0 Å². The Morgan fingerprint density at radius 2 is 2.16 bits per heavy atom. The summed E-state index contributed by atoms with van der Waals surface area (Å²) in [6.07, 6.45) is 1.17. The summed E-state index contributed by atoms with van der Waals surface area (Å²) in [6.45, 7) is 13.7. The first kappa shape index (κ1) is 14.5. The molecule has 0 amide bonds. The maximum absolute atomic E-state index is 5.48. The first-order valence-electron chi connectivity index (χ1n) is 7.42. The zero-order valence-corrected chi connectivity index (χ0v) is 12.9. The van der Waals surface area contributed by atoms with Crippen LogP contribution in [-0.2, 0) is 11.3 Å². The molecule has 3 atom stereocenters. The van der Waals surface area contributed by atoms with E-state index in [1.807, 2.05) is 0 Å². The maximum Gasteiger partial charge on any atom is 0.0644 e. The molecule has 3 unspecified atom stereocenters. The molecule has 108 valence electrons. The summed E-state index contributed by atoms with van der Waals surface area (Å²) in [6, 6.07) is 0.831. The Kier molecular flexibility index (Phi) is 4.63. The highest BCUT2D eigenvalue weighted by Crippen LogP contribution is 2.24. The van der Waals surface area contributed by atoms with Gasteiger partial charge in [-0.15, -0.1) is 0 Å². The van der Waals surface area contributed by atoms with E-state index in [1.54, 1.807) is 0 Å². The lowest BCUT2D eigenvalue weighted by molar-refractivity contribution is 0.177. The van der Waals surface area contributed by atoms with E-state index in [0.717, 1.165) is 25.5 Å². The van der Waals surface area contributed by atoms with Gasteiger partial charge in [0.05, 0.1) is 12.3 Å². The van der Waals surface area contributed by atoms with Crippen LogP contribution in [0.4, 0.5) is 0 Å². The average Bonchev–Trinajstić information content (AvgIpc) is 2.97. The molecule has 4 heteroatoms. The van der Waals surface area contributed by atoms with Crippen LogP contribution in [-0.4, -0.2) is 29.0 Å². The first-order valence-corrected chi connectivity index (χ1v) is 7.42. The second kappa shape index (κ2) is 6.06. The molecule has 0 bridgehead atoms. The molecule has 1 aromatic heterocycles. The van der Waals surface area contributed by atoms with Gasteiger partial charge in [0.15, 0.2) is 0 Å². The van der Waals surface area contributed by atoms with Gasteiger partial charge in [-0.3, -0.25) is 4.68 Å². The molecule has 2 rings (SSSR count). The second-order valence-corrected chi connectivity index (χ2v) is 5.70. The van der Waals surface area contributed by atoms with E-state index < -0.39 is 0 Å². The Balaban J connectivity index is 2.06. The van der Waals surface area contributed by atoms with Crippen LogP contribution >= 0.6 is 0 Å². The van der Waals surface area contributed by atoms with Crippen molar-refractivity contribution in [2.24, 2.45) is 5.92 Å². The molecule has 19 heavy (non-hydrogen) atoms. The fourth-order valence-corrected chi connectivity index (χ4v) is 3.21. The molecule has 2 heterocycles. The molecule has 1 N–H and O–H groups in total. The highest BCUT2D eigenvalue weighted by molar-refractivity contribution is 5.27. The minimum atomic E-state index is 0.343. The molecular formula is C15H27N3O. The minimum absolute atomic E-state index is 0.343. The van der Waals surface area contributed by atoms with Crippen LogP contribution in [0.3, 0.4) is 0 Å². The molecule has 0 radical (unpaired) electrons. The first-order chi connectivity index (χ1) is 9.04. The molecule has 1 aromatic rings. The van der Waals surface area contributed by atoms with Gasteiger partial charge in [-0.1, -0.05) is 0 Å². The molecule has 0 aromatic carbocycles. The number of nitrogens with one attached hydrogen (secondary N) is 1.